The molecule has 0 aliphatic carbocycles. The maximum atomic E-state index is 13.8. The molecule has 0 spiro atoms. The molecule has 0 heterocycles. The summed E-state index contributed by atoms with van der Waals surface area (Å²) >= 11 is 5.64. The fourth-order valence-corrected chi connectivity index (χ4v) is 3.34. The Kier molecular flexibility index (Phi) is 4.01. The van der Waals surface area contributed by atoms with E-state index >= 15 is 0 Å². The lowest BCUT2D eigenvalue weighted by molar-refractivity contribution is 0.598. The van der Waals surface area contributed by atoms with Crippen molar-refractivity contribution < 1.29 is 12.8 Å². The number of halogens is 2. The van der Waals surface area contributed by atoms with E-state index in [2.05, 4.69) is 4.72 Å². The predicted molar refractivity (Wildman–Crippen MR) is 78.1 cm³/mol. The maximum Gasteiger partial charge on any atom is 0.262 e. The van der Waals surface area contributed by atoms with Gasteiger partial charge in [-0.1, -0.05) is 29.8 Å². The first-order valence-corrected chi connectivity index (χ1v) is 7.71. The molecule has 0 saturated carbocycles. The minimum absolute atomic E-state index is 0.122. The molecule has 0 bridgehead atoms. The van der Waals surface area contributed by atoms with Gasteiger partial charge in [-0.3, -0.25) is 4.72 Å². The van der Waals surface area contributed by atoms with Crippen LogP contribution in [0.2, 0.25) is 5.02 Å². The number of aryl methyl sites for hydroxylation is 2. The van der Waals surface area contributed by atoms with Crippen molar-refractivity contribution in [2.24, 2.45) is 0 Å². The van der Waals surface area contributed by atoms with E-state index < -0.39 is 15.8 Å². The van der Waals surface area contributed by atoms with Crippen LogP contribution in [0, 0.1) is 19.7 Å². The van der Waals surface area contributed by atoms with Crippen LogP contribution in [0.15, 0.2) is 41.3 Å². The van der Waals surface area contributed by atoms with Crippen LogP contribution in [0.5, 0.6) is 0 Å². The van der Waals surface area contributed by atoms with Crippen molar-refractivity contribution in [1.82, 2.24) is 0 Å². The molecule has 0 atom stereocenters. The number of hydrogen-bond acceptors (Lipinski definition) is 2. The second kappa shape index (κ2) is 5.42. The van der Waals surface area contributed by atoms with Gasteiger partial charge in [0, 0.05) is 0 Å². The number of sulfonamides is 1. The van der Waals surface area contributed by atoms with E-state index in [0.717, 1.165) is 5.56 Å². The van der Waals surface area contributed by atoms with Crippen LogP contribution < -0.4 is 4.72 Å². The number of hydrogen-bond donors (Lipinski definition) is 1. The summed E-state index contributed by atoms with van der Waals surface area (Å²) in [4.78, 5) is 0.122. The van der Waals surface area contributed by atoms with E-state index in [0.29, 0.717) is 5.56 Å². The van der Waals surface area contributed by atoms with Gasteiger partial charge in [0.1, 0.15) is 0 Å². The molecule has 2 rings (SSSR count). The fourth-order valence-electron chi connectivity index (χ4n) is 1.78. The highest BCUT2D eigenvalue weighted by atomic mass is 35.5. The molecule has 20 heavy (non-hydrogen) atoms. The summed E-state index contributed by atoms with van der Waals surface area (Å²) < 4.78 is 40.6. The van der Waals surface area contributed by atoms with Gasteiger partial charge in [-0.05, 0) is 43.2 Å². The Bertz CT molecular complexity index is 760. The highest BCUT2D eigenvalue weighted by molar-refractivity contribution is 7.92. The summed E-state index contributed by atoms with van der Waals surface area (Å²) in [5.41, 5.74) is 1.23. The second-order valence-electron chi connectivity index (χ2n) is 4.48. The Balaban J connectivity index is 2.46. The molecule has 0 saturated heterocycles. The molecule has 0 fully saturated rings. The monoisotopic (exact) mass is 313 g/mol. The minimum Gasteiger partial charge on any atom is -0.277 e. The number of rotatable bonds is 3. The van der Waals surface area contributed by atoms with Crippen LogP contribution >= 0.6 is 11.6 Å². The van der Waals surface area contributed by atoms with E-state index in [1.165, 1.54) is 18.2 Å². The van der Waals surface area contributed by atoms with Crippen LogP contribution in [-0.4, -0.2) is 8.42 Å². The van der Waals surface area contributed by atoms with Crippen molar-refractivity contribution in [3.8, 4) is 0 Å². The van der Waals surface area contributed by atoms with Gasteiger partial charge in [-0.15, -0.1) is 0 Å². The lowest BCUT2D eigenvalue weighted by atomic mass is 10.2. The third-order valence-electron chi connectivity index (χ3n) is 2.83. The number of benzene rings is 2. The summed E-state index contributed by atoms with van der Waals surface area (Å²) in [6.45, 7) is 3.47. The average molecular weight is 314 g/mol. The highest BCUT2D eigenvalue weighted by Crippen LogP contribution is 2.26. The molecule has 106 valence electrons. The predicted octanol–water partition coefficient (Wildman–Crippen LogP) is 3.90. The normalized spacial score (nSPS) is 11.4. The molecule has 0 amide bonds. The van der Waals surface area contributed by atoms with Crippen molar-refractivity contribution >= 4 is 27.3 Å². The molecular formula is C14H13ClFNO2S. The smallest absolute Gasteiger partial charge is 0.262 e. The standard InChI is InChI=1S/C14H13ClFNO2S/c1-9-6-7-10(2)13(8-9)20(18,19)17-12-5-3-4-11(15)14(12)16/h3-8,17H,1-2H3. The van der Waals surface area contributed by atoms with Gasteiger partial charge >= 0.3 is 0 Å². The third-order valence-corrected chi connectivity index (χ3v) is 4.63. The van der Waals surface area contributed by atoms with Gasteiger partial charge in [0.25, 0.3) is 10.0 Å². The zero-order valence-electron chi connectivity index (χ0n) is 10.9. The molecule has 3 nitrogen and oxygen atoms in total. The molecule has 0 aliphatic rings. The molecule has 0 unspecified atom stereocenters. The van der Waals surface area contributed by atoms with Gasteiger partial charge in [0.05, 0.1) is 15.6 Å². The number of anilines is 1. The lowest BCUT2D eigenvalue weighted by Crippen LogP contribution is -2.15. The minimum atomic E-state index is -3.85. The van der Waals surface area contributed by atoms with Gasteiger partial charge in [0.2, 0.25) is 0 Å². The Morgan fingerprint density at radius 2 is 1.85 bits per heavy atom. The molecule has 6 heteroatoms. The number of nitrogens with one attached hydrogen (secondary N) is 1. The summed E-state index contributed by atoms with van der Waals surface area (Å²) in [6.07, 6.45) is 0. The fraction of sp³-hybridized carbons (Fsp3) is 0.143. The van der Waals surface area contributed by atoms with Gasteiger partial charge in [-0.2, -0.15) is 0 Å². The Morgan fingerprint density at radius 1 is 1.15 bits per heavy atom. The van der Waals surface area contributed by atoms with Crippen LogP contribution in [0.25, 0.3) is 0 Å². The first-order valence-electron chi connectivity index (χ1n) is 5.85. The SMILES string of the molecule is Cc1ccc(C)c(S(=O)(=O)Nc2cccc(Cl)c2F)c1. The first-order chi connectivity index (χ1) is 9.31. The third kappa shape index (κ3) is 2.94. The lowest BCUT2D eigenvalue weighted by Gasteiger charge is -2.12. The highest BCUT2D eigenvalue weighted by Gasteiger charge is 2.19. The zero-order chi connectivity index (χ0) is 14.9. The quantitative estimate of drug-likeness (QED) is 0.934. The molecule has 2 aromatic rings. The van der Waals surface area contributed by atoms with Crippen molar-refractivity contribution in [3.63, 3.8) is 0 Å². The Hall–Kier alpha value is -1.59. The molecule has 0 aromatic heterocycles. The molecule has 1 N–H and O–H groups in total. The van der Waals surface area contributed by atoms with Gasteiger partial charge in [0.15, 0.2) is 5.82 Å². The molecule has 2 aromatic carbocycles. The van der Waals surface area contributed by atoms with Crippen molar-refractivity contribution in [3.05, 3.63) is 58.4 Å². The average Bonchev–Trinajstić information content (AvgIpc) is 2.37. The van der Waals surface area contributed by atoms with Crippen molar-refractivity contribution in [2.75, 3.05) is 4.72 Å². The van der Waals surface area contributed by atoms with E-state index in [1.54, 1.807) is 26.0 Å². The zero-order valence-corrected chi connectivity index (χ0v) is 12.5. The van der Waals surface area contributed by atoms with Gasteiger partial charge < -0.3 is 0 Å². The second-order valence-corrected chi connectivity index (χ2v) is 6.53. The van der Waals surface area contributed by atoms with Crippen molar-refractivity contribution in [1.29, 1.82) is 0 Å². The van der Waals surface area contributed by atoms with Crippen LogP contribution in [0.3, 0.4) is 0 Å². The van der Waals surface area contributed by atoms with E-state index in [1.807, 2.05) is 6.07 Å². The van der Waals surface area contributed by atoms with E-state index in [4.69, 9.17) is 11.6 Å². The molecular weight excluding hydrogens is 301 g/mol. The summed E-state index contributed by atoms with van der Waals surface area (Å²) in [5, 5.41) is -0.133. The van der Waals surface area contributed by atoms with Crippen LogP contribution in [0.4, 0.5) is 10.1 Å². The molecule has 0 radical (unpaired) electrons. The van der Waals surface area contributed by atoms with Crippen molar-refractivity contribution in [2.45, 2.75) is 18.7 Å². The topological polar surface area (TPSA) is 46.2 Å². The first kappa shape index (κ1) is 14.8. The summed E-state index contributed by atoms with van der Waals surface area (Å²) in [6, 6.07) is 9.22. The largest absolute Gasteiger partial charge is 0.277 e. The van der Waals surface area contributed by atoms with Crippen LogP contribution in [0.1, 0.15) is 11.1 Å². The van der Waals surface area contributed by atoms with Gasteiger partial charge in [-0.25, -0.2) is 12.8 Å². The van der Waals surface area contributed by atoms with E-state index in [-0.39, 0.29) is 15.6 Å². The summed E-state index contributed by atoms with van der Waals surface area (Å²) in [7, 11) is -3.85. The summed E-state index contributed by atoms with van der Waals surface area (Å²) in [5.74, 6) is -0.789. The Labute approximate surface area is 122 Å². The van der Waals surface area contributed by atoms with E-state index in [9.17, 15) is 12.8 Å². The Morgan fingerprint density at radius 3 is 2.55 bits per heavy atom. The molecule has 0 aliphatic heterocycles. The maximum absolute atomic E-state index is 13.8. The van der Waals surface area contributed by atoms with Crippen LogP contribution in [-0.2, 0) is 10.0 Å².